The number of carboxylic acid groups (broad SMARTS) is 1. The van der Waals surface area contributed by atoms with Gasteiger partial charge in [-0.1, -0.05) is 56.3 Å². The number of nitrogens with one attached hydrogen (secondary N) is 2. The molecule has 9 heteroatoms. The van der Waals surface area contributed by atoms with Crippen LogP contribution in [0, 0.1) is 5.92 Å². The summed E-state index contributed by atoms with van der Waals surface area (Å²) >= 11 is 0. The summed E-state index contributed by atoms with van der Waals surface area (Å²) in [4.78, 5) is 22.8. The van der Waals surface area contributed by atoms with Gasteiger partial charge in [0.1, 0.15) is 0 Å². The second-order valence-corrected chi connectivity index (χ2v) is 9.69. The molecule has 0 aliphatic heterocycles. The van der Waals surface area contributed by atoms with Crippen molar-refractivity contribution in [1.29, 1.82) is 0 Å². The molecule has 0 saturated heterocycles. The van der Waals surface area contributed by atoms with Gasteiger partial charge >= 0.3 is 12.1 Å². The molecular weight excluding hydrogens is 509 g/mol. The van der Waals surface area contributed by atoms with Gasteiger partial charge in [-0.25, -0.2) is 0 Å². The van der Waals surface area contributed by atoms with Crippen molar-refractivity contribution in [3.8, 4) is 11.1 Å². The highest BCUT2D eigenvalue weighted by atomic mass is 19.4. The normalized spacial score (nSPS) is 12.3. The average molecular weight is 543 g/mol. The second-order valence-electron chi connectivity index (χ2n) is 9.69. The van der Waals surface area contributed by atoms with Crippen LogP contribution in [0.3, 0.4) is 0 Å². The molecule has 0 heterocycles. The highest BCUT2D eigenvalue weighted by Gasteiger charge is 2.33. The van der Waals surface area contributed by atoms with Crippen molar-refractivity contribution in [3.05, 3.63) is 89.5 Å². The molecular formula is C30H33F3N2O4. The molecule has 0 aliphatic carbocycles. The van der Waals surface area contributed by atoms with E-state index in [0.717, 1.165) is 17.3 Å². The molecule has 0 radical (unpaired) electrons. The standard InChI is InChI=1S/C30H33F3N2O4/c1-20(2)18-39-19-25(35-24-13-11-23(12-14-24)29(38)34-16-15-28(36)37)17-21-7-9-22(10-8-21)26-5-3-4-6-27(26)30(31,32)33/h3-14,20,25,35H,15-19H2,1-2H3,(H,34,38)(H,36,37)/t25-/m0/s1. The fourth-order valence-electron chi connectivity index (χ4n) is 4.02. The van der Waals surface area contributed by atoms with E-state index in [-0.39, 0.29) is 30.5 Å². The number of aliphatic carboxylic acids is 1. The van der Waals surface area contributed by atoms with Crippen molar-refractivity contribution in [3.63, 3.8) is 0 Å². The number of rotatable bonds is 13. The molecule has 208 valence electrons. The van der Waals surface area contributed by atoms with E-state index in [1.165, 1.54) is 12.1 Å². The molecule has 0 unspecified atom stereocenters. The van der Waals surface area contributed by atoms with Gasteiger partial charge in [0, 0.05) is 24.4 Å². The monoisotopic (exact) mass is 542 g/mol. The number of hydrogen-bond acceptors (Lipinski definition) is 4. The number of carbonyl (C=O) groups is 2. The van der Waals surface area contributed by atoms with Crippen molar-refractivity contribution in [2.45, 2.75) is 38.9 Å². The van der Waals surface area contributed by atoms with Crippen LogP contribution in [0.4, 0.5) is 18.9 Å². The fourth-order valence-corrected chi connectivity index (χ4v) is 4.02. The summed E-state index contributed by atoms with van der Waals surface area (Å²) in [5.74, 6) is -0.981. The van der Waals surface area contributed by atoms with Crippen LogP contribution in [-0.4, -0.2) is 42.8 Å². The van der Waals surface area contributed by atoms with E-state index >= 15 is 0 Å². The number of carbonyl (C=O) groups excluding carboxylic acids is 1. The maximum Gasteiger partial charge on any atom is 0.417 e. The Hall–Kier alpha value is -3.85. The summed E-state index contributed by atoms with van der Waals surface area (Å²) in [5, 5.41) is 14.7. The Morgan fingerprint density at radius 2 is 1.59 bits per heavy atom. The first kappa shape index (κ1) is 29.7. The number of alkyl halides is 3. The van der Waals surface area contributed by atoms with Crippen molar-refractivity contribution >= 4 is 17.6 Å². The van der Waals surface area contributed by atoms with Crippen LogP contribution in [0.5, 0.6) is 0 Å². The number of amides is 1. The van der Waals surface area contributed by atoms with Crippen LogP contribution in [-0.2, 0) is 22.1 Å². The van der Waals surface area contributed by atoms with Crippen molar-refractivity contribution in [2.24, 2.45) is 5.92 Å². The lowest BCUT2D eigenvalue weighted by molar-refractivity contribution is -0.137. The molecule has 6 nitrogen and oxygen atoms in total. The van der Waals surface area contributed by atoms with E-state index in [0.29, 0.717) is 36.7 Å². The van der Waals surface area contributed by atoms with Crippen LogP contribution >= 0.6 is 0 Å². The minimum Gasteiger partial charge on any atom is -0.481 e. The van der Waals surface area contributed by atoms with Crippen LogP contribution < -0.4 is 10.6 Å². The molecule has 0 spiro atoms. The van der Waals surface area contributed by atoms with Gasteiger partial charge in [0.25, 0.3) is 5.91 Å². The number of carboxylic acids is 1. The third-order valence-corrected chi connectivity index (χ3v) is 5.89. The molecule has 0 saturated carbocycles. The predicted octanol–water partition coefficient (Wildman–Crippen LogP) is 6.27. The number of halogens is 3. The Balaban J connectivity index is 1.70. The maximum absolute atomic E-state index is 13.5. The van der Waals surface area contributed by atoms with Crippen LogP contribution in [0.2, 0.25) is 0 Å². The quantitative estimate of drug-likeness (QED) is 0.237. The molecule has 0 aromatic heterocycles. The van der Waals surface area contributed by atoms with E-state index in [1.54, 1.807) is 42.5 Å². The zero-order chi connectivity index (χ0) is 28.4. The zero-order valence-electron chi connectivity index (χ0n) is 21.9. The predicted molar refractivity (Wildman–Crippen MR) is 145 cm³/mol. The first-order chi connectivity index (χ1) is 18.5. The molecule has 3 rings (SSSR count). The topological polar surface area (TPSA) is 87.7 Å². The first-order valence-corrected chi connectivity index (χ1v) is 12.7. The van der Waals surface area contributed by atoms with Crippen molar-refractivity contribution in [2.75, 3.05) is 25.1 Å². The van der Waals surface area contributed by atoms with Crippen molar-refractivity contribution < 1.29 is 32.6 Å². The SMILES string of the molecule is CC(C)COC[C@H](Cc1ccc(-c2ccccc2C(F)(F)F)cc1)Nc1ccc(C(=O)NCCC(=O)O)cc1. The minimum absolute atomic E-state index is 0.0456. The van der Waals surface area contributed by atoms with Gasteiger partial charge in [-0.15, -0.1) is 0 Å². The number of benzene rings is 3. The minimum atomic E-state index is -4.44. The average Bonchev–Trinajstić information content (AvgIpc) is 2.88. The summed E-state index contributed by atoms with van der Waals surface area (Å²) in [6.45, 7) is 5.15. The lowest BCUT2D eigenvalue weighted by atomic mass is 9.97. The molecule has 3 aromatic rings. The molecule has 0 bridgehead atoms. The van der Waals surface area contributed by atoms with Gasteiger partial charge < -0.3 is 20.5 Å². The van der Waals surface area contributed by atoms with Gasteiger partial charge in [0.2, 0.25) is 0 Å². The first-order valence-electron chi connectivity index (χ1n) is 12.7. The van der Waals surface area contributed by atoms with Crippen LogP contribution in [0.15, 0.2) is 72.8 Å². The fraction of sp³-hybridized carbons (Fsp3) is 0.333. The third kappa shape index (κ3) is 9.44. The molecule has 0 aliphatic rings. The highest BCUT2D eigenvalue weighted by molar-refractivity contribution is 5.94. The van der Waals surface area contributed by atoms with Gasteiger partial charge in [-0.05, 0) is 59.4 Å². The Bertz CT molecular complexity index is 1230. The zero-order valence-corrected chi connectivity index (χ0v) is 21.9. The summed E-state index contributed by atoms with van der Waals surface area (Å²) in [5.41, 5.74) is 2.07. The Morgan fingerprint density at radius 3 is 2.21 bits per heavy atom. The summed E-state index contributed by atoms with van der Waals surface area (Å²) in [7, 11) is 0. The lowest BCUT2D eigenvalue weighted by Crippen LogP contribution is -2.29. The molecule has 39 heavy (non-hydrogen) atoms. The Morgan fingerprint density at radius 1 is 0.923 bits per heavy atom. The van der Waals surface area contributed by atoms with Gasteiger partial charge in [0.15, 0.2) is 0 Å². The van der Waals surface area contributed by atoms with E-state index in [4.69, 9.17) is 9.84 Å². The molecule has 1 amide bonds. The summed E-state index contributed by atoms with van der Waals surface area (Å²) < 4.78 is 46.2. The smallest absolute Gasteiger partial charge is 0.417 e. The van der Waals surface area contributed by atoms with Crippen LogP contribution in [0.25, 0.3) is 11.1 Å². The molecule has 3 N–H and O–H groups in total. The second kappa shape index (κ2) is 13.8. The van der Waals surface area contributed by atoms with Crippen molar-refractivity contribution in [1.82, 2.24) is 5.32 Å². The molecule has 0 fully saturated rings. The van der Waals surface area contributed by atoms with Gasteiger partial charge in [-0.3, -0.25) is 9.59 Å². The molecule has 1 atom stereocenters. The van der Waals surface area contributed by atoms with E-state index in [2.05, 4.69) is 24.5 Å². The Kier molecular flexibility index (Phi) is 10.5. The molecule has 3 aromatic carbocycles. The summed E-state index contributed by atoms with van der Waals surface area (Å²) in [6.07, 6.45) is -4.03. The van der Waals surface area contributed by atoms with Gasteiger partial charge in [0.05, 0.1) is 24.6 Å². The van der Waals surface area contributed by atoms with Crippen LogP contribution in [0.1, 0.15) is 41.8 Å². The largest absolute Gasteiger partial charge is 0.481 e. The van der Waals surface area contributed by atoms with E-state index in [9.17, 15) is 22.8 Å². The highest BCUT2D eigenvalue weighted by Crippen LogP contribution is 2.37. The van der Waals surface area contributed by atoms with Gasteiger partial charge in [-0.2, -0.15) is 13.2 Å². The van der Waals surface area contributed by atoms with E-state index < -0.39 is 17.7 Å². The number of anilines is 1. The van der Waals surface area contributed by atoms with E-state index in [1.807, 2.05) is 12.1 Å². The number of ether oxygens (including phenoxy) is 1. The lowest BCUT2D eigenvalue weighted by Gasteiger charge is -2.21. The summed E-state index contributed by atoms with van der Waals surface area (Å²) in [6, 6.07) is 19.3. The Labute approximate surface area is 226 Å². The number of hydrogen-bond donors (Lipinski definition) is 3. The maximum atomic E-state index is 13.5. The third-order valence-electron chi connectivity index (χ3n) is 5.89.